The summed E-state index contributed by atoms with van der Waals surface area (Å²) in [6.07, 6.45) is 2.20. The molecule has 18 heteroatoms. The SMILES string of the molecule is C=CCOC(=O)Nc1nc(OCC=C)c2ncn([C@@H]3O[C@H](COC(c4ccccc4)(c4ccc(OC)cc4)c4ccc(OC)cc4)[C@@H](OP(OCC=C)N(C(C)C)C(C)C)[C@H]3O[Si](C)(C)C(C)(C)C)c2n1. The maximum atomic E-state index is 12.9. The van der Waals surface area contributed by atoms with Gasteiger partial charge in [0, 0.05) is 12.1 Å². The molecule has 1 saturated heterocycles. The molecule has 0 saturated carbocycles. The second-order valence-corrected chi connectivity index (χ2v) is 25.1. The number of hydrogen-bond acceptors (Lipinski definition) is 14. The van der Waals surface area contributed by atoms with Crippen molar-refractivity contribution in [2.24, 2.45) is 0 Å². The number of anilines is 1. The Hall–Kier alpha value is -5.49. The average molecular weight is 1010 g/mol. The van der Waals surface area contributed by atoms with Gasteiger partial charge >= 0.3 is 6.09 Å². The number of nitrogens with zero attached hydrogens (tertiary/aromatic N) is 5. The quantitative estimate of drug-likeness (QED) is 0.0255. The van der Waals surface area contributed by atoms with Crippen LogP contribution in [0.2, 0.25) is 18.1 Å². The predicted octanol–water partition coefficient (Wildman–Crippen LogP) is 11.4. The normalized spacial score (nSPS) is 17.9. The molecule has 1 amide bonds. The number of rotatable bonds is 25. The van der Waals surface area contributed by atoms with Gasteiger partial charge in [-0.05, 0) is 86.8 Å². The van der Waals surface area contributed by atoms with Gasteiger partial charge in [0.25, 0.3) is 8.53 Å². The Morgan fingerprint density at radius 3 is 1.94 bits per heavy atom. The van der Waals surface area contributed by atoms with Crippen molar-refractivity contribution in [3.63, 3.8) is 0 Å². The van der Waals surface area contributed by atoms with Crippen LogP contribution in [-0.2, 0) is 33.3 Å². The van der Waals surface area contributed by atoms with Crippen LogP contribution in [0.1, 0.15) is 71.4 Å². The Morgan fingerprint density at radius 1 is 0.831 bits per heavy atom. The molecule has 2 aromatic heterocycles. The van der Waals surface area contributed by atoms with E-state index in [9.17, 15) is 4.79 Å². The largest absolute Gasteiger partial charge is 0.497 e. The van der Waals surface area contributed by atoms with Crippen molar-refractivity contribution in [1.29, 1.82) is 0 Å². The first-order valence-electron chi connectivity index (χ1n) is 23.8. The van der Waals surface area contributed by atoms with E-state index in [4.69, 9.17) is 51.9 Å². The molecule has 1 unspecified atom stereocenters. The van der Waals surface area contributed by atoms with E-state index in [0.29, 0.717) is 22.7 Å². The van der Waals surface area contributed by atoms with Crippen molar-refractivity contribution < 1.29 is 46.7 Å². The molecule has 0 aliphatic carbocycles. The first-order valence-corrected chi connectivity index (χ1v) is 27.8. The molecule has 5 atom stereocenters. The second-order valence-electron chi connectivity index (χ2n) is 19.0. The Labute approximate surface area is 421 Å². The van der Waals surface area contributed by atoms with Gasteiger partial charge in [-0.3, -0.25) is 9.88 Å². The summed E-state index contributed by atoms with van der Waals surface area (Å²) in [7, 11) is -1.19. The van der Waals surface area contributed by atoms with Gasteiger partial charge in [-0.1, -0.05) is 107 Å². The van der Waals surface area contributed by atoms with Gasteiger partial charge in [0.05, 0.1) is 33.8 Å². The zero-order chi connectivity index (χ0) is 51.5. The van der Waals surface area contributed by atoms with Gasteiger partial charge in [-0.25, -0.2) is 14.4 Å². The van der Waals surface area contributed by atoms with Crippen LogP contribution >= 0.6 is 8.53 Å². The minimum Gasteiger partial charge on any atom is -0.497 e. The topological polar surface area (TPSA) is 159 Å². The van der Waals surface area contributed by atoms with Gasteiger partial charge in [-0.2, -0.15) is 9.97 Å². The molecule has 382 valence electrons. The van der Waals surface area contributed by atoms with Crippen LogP contribution in [0.5, 0.6) is 17.4 Å². The first kappa shape index (κ1) is 54.8. The molecule has 3 aromatic carbocycles. The van der Waals surface area contributed by atoms with E-state index in [2.05, 4.69) is 108 Å². The lowest BCUT2D eigenvalue weighted by molar-refractivity contribution is -0.0926. The Kier molecular flexibility index (Phi) is 18.8. The molecule has 1 fully saturated rings. The van der Waals surface area contributed by atoms with E-state index in [0.717, 1.165) is 16.7 Å². The molecule has 1 aliphatic rings. The number of carbonyl (C=O) groups is 1. The van der Waals surface area contributed by atoms with E-state index >= 15 is 0 Å². The van der Waals surface area contributed by atoms with E-state index < -0.39 is 53.1 Å². The highest BCUT2D eigenvalue weighted by Crippen LogP contribution is 2.53. The molecular weight excluding hydrogens is 940 g/mol. The van der Waals surface area contributed by atoms with Gasteiger partial charge in [0.2, 0.25) is 11.8 Å². The van der Waals surface area contributed by atoms with Crippen LogP contribution in [0.3, 0.4) is 0 Å². The molecule has 16 nitrogen and oxygen atoms in total. The summed E-state index contributed by atoms with van der Waals surface area (Å²) in [5.74, 6) is 1.41. The summed E-state index contributed by atoms with van der Waals surface area (Å²) in [6.45, 7) is 31.1. The lowest BCUT2D eigenvalue weighted by atomic mass is 9.80. The average Bonchev–Trinajstić information content (AvgIpc) is 3.92. The van der Waals surface area contributed by atoms with Crippen molar-refractivity contribution in [2.75, 3.05) is 46.0 Å². The molecule has 0 bridgehead atoms. The van der Waals surface area contributed by atoms with E-state index in [1.165, 1.54) is 6.08 Å². The van der Waals surface area contributed by atoms with Crippen LogP contribution in [0.25, 0.3) is 11.2 Å². The fourth-order valence-electron chi connectivity index (χ4n) is 8.10. The van der Waals surface area contributed by atoms with Gasteiger partial charge in [0.1, 0.15) is 48.6 Å². The first-order chi connectivity index (χ1) is 33.9. The number of amides is 1. The number of nitrogens with one attached hydrogen (secondary N) is 1. The predicted molar refractivity (Wildman–Crippen MR) is 280 cm³/mol. The third-order valence-corrected chi connectivity index (χ3v) is 19.0. The summed E-state index contributed by atoms with van der Waals surface area (Å²) in [5.41, 5.74) is 1.95. The minimum atomic E-state index is -2.69. The number of hydrogen-bond donors (Lipinski definition) is 1. The summed E-state index contributed by atoms with van der Waals surface area (Å²) < 4.78 is 63.1. The third-order valence-electron chi connectivity index (χ3n) is 12.5. The molecule has 0 spiro atoms. The smallest absolute Gasteiger partial charge is 0.414 e. The molecule has 5 aromatic rings. The number of methoxy groups -OCH3 is 2. The Balaban J connectivity index is 1.60. The molecule has 3 heterocycles. The Bertz CT molecular complexity index is 2480. The van der Waals surface area contributed by atoms with Gasteiger partial charge < -0.3 is 41.9 Å². The summed E-state index contributed by atoms with van der Waals surface area (Å²) in [5, 5.41) is 2.38. The molecule has 1 aliphatic heterocycles. The van der Waals surface area contributed by atoms with Gasteiger partial charge in [-0.15, -0.1) is 6.58 Å². The third kappa shape index (κ3) is 12.6. The highest BCUT2D eigenvalue weighted by Gasteiger charge is 2.54. The second kappa shape index (κ2) is 24.3. The number of ether oxygens (including phenoxy) is 6. The summed E-state index contributed by atoms with van der Waals surface area (Å²) >= 11 is 0. The molecule has 1 N–H and O–H groups in total. The maximum absolute atomic E-state index is 12.9. The zero-order valence-electron chi connectivity index (χ0n) is 43.0. The van der Waals surface area contributed by atoms with Crippen LogP contribution in [-0.4, -0.2) is 110 Å². The van der Waals surface area contributed by atoms with Crippen molar-refractivity contribution in [3.8, 4) is 17.4 Å². The highest BCUT2D eigenvalue weighted by molar-refractivity contribution is 7.44. The van der Waals surface area contributed by atoms with E-state index in [-0.39, 0.29) is 55.4 Å². The number of carbonyl (C=O) groups excluding carboxylic acids is 1. The zero-order valence-corrected chi connectivity index (χ0v) is 44.9. The summed E-state index contributed by atoms with van der Waals surface area (Å²) in [4.78, 5) is 27.0. The molecule has 6 rings (SSSR count). The number of aromatic nitrogens is 4. The fourth-order valence-corrected chi connectivity index (χ4v) is 11.1. The van der Waals surface area contributed by atoms with Crippen molar-refractivity contribution >= 4 is 40.0 Å². The maximum Gasteiger partial charge on any atom is 0.414 e. The highest BCUT2D eigenvalue weighted by atomic mass is 31.2. The van der Waals surface area contributed by atoms with E-state index in [1.54, 1.807) is 37.3 Å². The molecular formula is C53H71N6O10PSi. The lowest BCUT2D eigenvalue weighted by Crippen LogP contribution is -2.50. The minimum absolute atomic E-state index is 0.0171. The molecule has 0 radical (unpaired) electrons. The van der Waals surface area contributed by atoms with Gasteiger partial charge in [0.15, 0.2) is 25.7 Å². The van der Waals surface area contributed by atoms with Crippen LogP contribution in [0, 0.1) is 0 Å². The Morgan fingerprint density at radius 2 is 1.41 bits per heavy atom. The summed E-state index contributed by atoms with van der Waals surface area (Å²) in [6, 6.07) is 25.9. The number of imidazole rings is 1. The van der Waals surface area contributed by atoms with Crippen LogP contribution in [0.15, 0.2) is 123 Å². The lowest BCUT2D eigenvalue weighted by Gasteiger charge is -2.42. The number of fused-ring (bicyclic) bond motifs is 1. The van der Waals surface area contributed by atoms with Crippen molar-refractivity contribution in [3.05, 3.63) is 140 Å². The standard InChI is InChI=1S/C53H71N6O10PSi/c1-15-31-63-48-44-47(55-50(56-48)57-51(60)64-32-16-2)58(35-54-44)49-46(69-71(13,14)52(8,9)10)45(68-70(66-33-17-3)59(36(4)5)37(6)7)43(67-49)34-65-53(38-21-19-18-20-22-38,39-23-27-41(61-11)28-24-39)40-25-29-42(62-12)30-26-40/h15-30,35-37,43,45-46,49H,1-3,31-34H2,4-14H3,(H,55,56,57,60)/t43-,45-,46-,49-,70?/m1/s1. The van der Waals surface area contributed by atoms with Crippen LogP contribution < -0.4 is 19.5 Å². The molecule has 71 heavy (non-hydrogen) atoms. The monoisotopic (exact) mass is 1010 g/mol. The van der Waals surface area contributed by atoms with Crippen LogP contribution in [0.4, 0.5) is 10.7 Å². The van der Waals surface area contributed by atoms with E-state index in [1.807, 2.05) is 66.7 Å². The number of benzene rings is 3. The van der Waals surface area contributed by atoms with Crippen molar-refractivity contribution in [1.82, 2.24) is 24.2 Å². The fraction of sp³-hybridized carbons (Fsp3) is 0.434. The van der Waals surface area contributed by atoms with Crippen molar-refractivity contribution in [2.45, 2.75) is 109 Å².